The van der Waals surface area contributed by atoms with Gasteiger partial charge < -0.3 is 19.1 Å². The van der Waals surface area contributed by atoms with Crippen LogP contribution in [-0.2, 0) is 4.79 Å². The van der Waals surface area contributed by atoms with E-state index in [0.717, 1.165) is 32.5 Å². The third-order valence-corrected chi connectivity index (χ3v) is 5.09. The number of likely N-dealkylation sites (tertiary alicyclic amines) is 1. The zero-order valence-electron chi connectivity index (χ0n) is 14.4. The molecule has 0 radical (unpaired) electrons. The minimum absolute atomic E-state index is 0.0747. The van der Waals surface area contributed by atoms with Crippen molar-refractivity contribution in [1.82, 2.24) is 14.7 Å². The van der Waals surface area contributed by atoms with E-state index in [9.17, 15) is 9.59 Å². The second kappa shape index (κ2) is 8.17. The van der Waals surface area contributed by atoms with Gasteiger partial charge in [-0.15, -0.1) is 0 Å². The average Bonchev–Trinajstić information content (AvgIpc) is 3.20. The number of piperidine rings is 1. The number of piperazine rings is 1. The summed E-state index contributed by atoms with van der Waals surface area (Å²) in [6, 6.07) is 5.54. The van der Waals surface area contributed by atoms with Gasteiger partial charge in [0, 0.05) is 45.1 Å². The molecule has 0 atom stereocenters. The molecule has 7 heteroatoms. The molecular weight excluding hydrogens is 320 g/mol. The summed E-state index contributed by atoms with van der Waals surface area (Å²) in [6.45, 7) is 4.83. The van der Waals surface area contributed by atoms with Crippen molar-refractivity contribution in [1.29, 1.82) is 5.26 Å². The summed E-state index contributed by atoms with van der Waals surface area (Å²) in [6.07, 6.45) is 3.76. The summed E-state index contributed by atoms with van der Waals surface area (Å²) in [5.74, 6) is 0.531. The van der Waals surface area contributed by atoms with Crippen LogP contribution in [0.15, 0.2) is 22.8 Å². The Balaban J connectivity index is 1.44. The van der Waals surface area contributed by atoms with Gasteiger partial charge in [-0.2, -0.15) is 5.26 Å². The van der Waals surface area contributed by atoms with E-state index in [1.807, 2.05) is 4.90 Å². The van der Waals surface area contributed by atoms with Crippen molar-refractivity contribution in [2.45, 2.75) is 19.3 Å². The van der Waals surface area contributed by atoms with Crippen molar-refractivity contribution in [3.8, 4) is 6.07 Å². The first-order chi connectivity index (χ1) is 12.2. The van der Waals surface area contributed by atoms with Gasteiger partial charge in [0.15, 0.2) is 5.76 Å². The fourth-order valence-electron chi connectivity index (χ4n) is 3.56. The van der Waals surface area contributed by atoms with Crippen LogP contribution >= 0.6 is 0 Å². The van der Waals surface area contributed by atoms with Gasteiger partial charge in [0.1, 0.15) is 0 Å². The van der Waals surface area contributed by atoms with E-state index in [-0.39, 0.29) is 17.7 Å². The van der Waals surface area contributed by atoms with E-state index in [2.05, 4.69) is 11.0 Å². The molecule has 3 heterocycles. The topological polar surface area (TPSA) is 80.8 Å². The molecule has 2 aliphatic heterocycles. The van der Waals surface area contributed by atoms with Crippen LogP contribution in [0.1, 0.15) is 29.8 Å². The zero-order chi connectivity index (χ0) is 17.6. The van der Waals surface area contributed by atoms with Gasteiger partial charge in [-0.1, -0.05) is 0 Å². The number of furan rings is 1. The van der Waals surface area contributed by atoms with Gasteiger partial charge in [-0.25, -0.2) is 0 Å². The van der Waals surface area contributed by atoms with Crippen LogP contribution in [0.4, 0.5) is 0 Å². The standard InChI is InChI=1S/C18H24N4O3/c19-6-2-7-20-8-4-15(5-9-20)17(23)21-10-12-22(13-11-21)18(24)16-3-1-14-25-16/h1,3,14-15H,2,4-5,7-13H2. The highest BCUT2D eigenvalue weighted by Crippen LogP contribution is 2.21. The molecule has 0 N–H and O–H groups in total. The van der Waals surface area contributed by atoms with Crippen LogP contribution in [0.5, 0.6) is 0 Å². The van der Waals surface area contributed by atoms with Crippen molar-refractivity contribution in [3.63, 3.8) is 0 Å². The van der Waals surface area contributed by atoms with Gasteiger partial charge in [0.2, 0.25) is 5.91 Å². The fourth-order valence-corrected chi connectivity index (χ4v) is 3.56. The van der Waals surface area contributed by atoms with Gasteiger partial charge in [0.05, 0.1) is 12.3 Å². The molecule has 0 saturated carbocycles. The Labute approximate surface area is 147 Å². The molecule has 0 aliphatic carbocycles. The second-order valence-electron chi connectivity index (χ2n) is 6.62. The van der Waals surface area contributed by atoms with Crippen molar-refractivity contribution in [2.24, 2.45) is 5.92 Å². The maximum Gasteiger partial charge on any atom is 0.289 e. The Morgan fingerprint density at radius 3 is 2.40 bits per heavy atom. The van der Waals surface area contributed by atoms with Gasteiger partial charge in [0.25, 0.3) is 5.91 Å². The molecule has 3 rings (SSSR count). The SMILES string of the molecule is N#CCCN1CCC(C(=O)N2CCN(C(=O)c3ccco3)CC2)CC1. The Kier molecular flexibility index (Phi) is 5.71. The summed E-state index contributed by atoms with van der Waals surface area (Å²) in [7, 11) is 0. The number of carbonyl (C=O) groups is 2. The highest BCUT2D eigenvalue weighted by Gasteiger charge is 2.31. The Morgan fingerprint density at radius 2 is 1.80 bits per heavy atom. The normalized spacial score (nSPS) is 19.6. The molecule has 7 nitrogen and oxygen atoms in total. The molecule has 0 unspecified atom stereocenters. The first-order valence-electron chi connectivity index (χ1n) is 8.90. The number of amides is 2. The van der Waals surface area contributed by atoms with E-state index < -0.39 is 0 Å². The number of hydrogen-bond donors (Lipinski definition) is 0. The maximum atomic E-state index is 12.7. The molecule has 1 aromatic rings. The van der Waals surface area contributed by atoms with Crippen molar-refractivity contribution in [2.75, 3.05) is 45.8 Å². The largest absolute Gasteiger partial charge is 0.459 e. The summed E-state index contributed by atoms with van der Waals surface area (Å²) in [4.78, 5) is 30.9. The van der Waals surface area contributed by atoms with E-state index in [0.29, 0.717) is 38.4 Å². The van der Waals surface area contributed by atoms with Crippen LogP contribution in [0.25, 0.3) is 0 Å². The number of nitriles is 1. The van der Waals surface area contributed by atoms with Crippen LogP contribution in [0.3, 0.4) is 0 Å². The highest BCUT2D eigenvalue weighted by atomic mass is 16.3. The van der Waals surface area contributed by atoms with E-state index in [4.69, 9.17) is 9.68 Å². The average molecular weight is 344 g/mol. The lowest BCUT2D eigenvalue weighted by atomic mass is 9.95. The quantitative estimate of drug-likeness (QED) is 0.819. The number of carbonyl (C=O) groups excluding carboxylic acids is 2. The predicted molar refractivity (Wildman–Crippen MR) is 90.6 cm³/mol. The van der Waals surface area contributed by atoms with Crippen LogP contribution < -0.4 is 0 Å². The molecule has 2 amide bonds. The van der Waals surface area contributed by atoms with Crippen molar-refractivity contribution >= 4 is 11.8 Å². The number of nitrogens with zero attached hydrogens (tertiary/aromatic N) is 4. The van der Waals surface area contributed by atoms with Crippen LogP contribution in [-0.4, -0.2) is 72.3 Å². The van der Waals surface area contributed by atoms with Gasteiger partial charge in [-0.3, -0.25) is 9.59 Å². The number of rotatable bonds is 4. The Bertz CT molecular complexity index is 621. The highest BCUT2D eigenvalue weighted by molar-refractivity contribution is 5.91. The predicted octanol–water partition coefficient (Wildman–Crippen LogP) is 1.19. The molecule has 0 bridgehead atoms. The van der Waals surface area contributed by atoms with Crippen molar-refractivity contribution < 1.29 is 14.0 Å². The molecular formula is C18H24N4O3. The second-order valence-corrected chi connectivity index (χ2v) is 6.62. The van der Waals surface area contributed by atoms with Gasteiger partial charge >= 0.3 is 0 Å². The lowest BCUT2D eigenvalue weighted by Crippen LogP contribution is -2.53. The number of hydrogen-bond acceptors (Lipinski definition) is 5. The summed E-state index contributed by atoms with van der Waals surface area (Å²) >= 11 is 0. The Hall–Kier alpha value is -2.33. The lowest BCUT2D eigenvalue weighted by Gasteiger charge is -2.38. The molecule has 1 aromatic heterocycles. The minimum atomic E-state index is -0.108. The van der Waals surface area contributed by atoms with E-state index in [1.54, 1.807) is 17.0 Å². The molecule has 0 aromatic carbocycles. The van der Waals surface area contributed by atoms with E-state index >= 15 is 0 Å². The van der Waals surface area contributed by atoms with Gasteiger partial charge in [-0.05, 0) is 38.1 Å². The first kappa shape index (κ1) is 17.5. The Morgan fingerprint density at radius 1 is 1.12 bits per heavy atom. The molecule has 2 fully saturated rings. The van der Waals surface area contributed by atoms with Crippen LogP contribution in [0.2, 0.25) is 0 Å². The molecule has 134 valence electrons. The summed E-state index contributed by atoms with van der Waals surface area (Å²) < 4.78 is 5.16. The molecule has 2 aliphatic rings. The first-order valence-corrected chi connectivity index (χ1v) is 8.90. The zero-order valence-corrected chi connectivity index (χ0v) is 14.4. The molecule has 25 heavy (non-hydrogen) atoms. The fraction of sp³-hybridized carbons (Fsp3) is 0.611. The smallest absolute Gasteiger partial charge is 0.289 e. The summed E-state index contributed by atoms with van der Waals surface area (Å²) in [5.41, 5.74) is 0. The third-order valence-electron chi connectivity index (χ3n) is 5.09. The molecule has 0 spiro atoms. The summed E-state index contributed by atoms with van der Waals surface area (Å²) in [5, 5.41) is 8.66. The van der Waals surface area contributed by atoms with Crippen molar-refractivity contribution in [3.05, 3.63) is 24.2 Å². The third kappa shape index (κ3) is 4.20. The van der Waals surface area contributed by atoms with E-state index in [1.165, 1.54) is 6.26 Å². The minimum Gasteiger partial charge on any atom is -0.459 e. The lowest BCUT2D eigenvalue weighted by molar-refractivity contribution is -0.138. The van der Waals surface area contributed by atoms with Crippen LogP contribution in [0, 0.1) is 17.2 Å². The molecule has 2 saturated heterocycles. The maximum absolute atomic E-state index is 12.7. The monoisotopic (exact) mass is 344 g/mol.